The number of carbonyl (C=O) groups is 2. The Morgan fingerprint density at radius 3 is 2.67 bits per heavy atom. The van der Waals surface area contributed by atoms with Crippen LogP contribution in [0.3, 0.4) is 0 Å². The second-order valence-corrected chi connectivity index (χ2v) is 10.6. The summed E-state index contributed by atoms with van der Waals surface area (Å²) < 4.78 is 17.6. The quantitative estimate of drug-likeness (QED) is 0.133. The smallest absolute Gasteiger partial charge is 0.301 e. The minimum atomic E-state index is -0.903. The van der Waals surface area contributed by atoms with Gasteiger partial charge in [-0.1, -0.05) is 36.1 Å². The summed E-state index contributed by atoms with van der Waals surface area (Å²) in [4.78, 5) is 33.2. The number of Topliss-reactive ketones (excluding diaryl/α,β-unsaturated/α-hetero) is 1. The van der Waals surface area contributed by atoms with E-state index >= 15 is 0 Å². The molecule has 40 heavy (non-hydrogen) atoms. The van der Waals surface area contributed by atoms with Crippen LogP contribution in [0.4, 0.5) is 5.13 Å². The molecule has 1 N–H and O–H groups in total. The molecule has 4 aromatic rings. The second kappa shape index (κ2) is 10.2. The van der Waals surface area contributed by atoms with Gasteiger partial charge in [-0.15, -0.1) is 0 Å². The zero-order valence-electron chi connectivity index (χ0n) is 21.9. The molecule has 0 radical (unpaired) electrons. The summed E-state index contributed by atoms with van der Waals surface area (Å²) in [6.45, 7) is 5.98. The Morgan fingerprint density at radius 2 is 1.93 bits per heavy atom. The summed E-state index contributed by atoms with van der Waals surface area (Å²) in [6, 6.07) is 16.9. The third-order valence-electron chi connectivity index (χ3n) is 6.97. The van der Waals surface area contributed by atoms with Crippen molar-refractivity contribution >= 4 is 44.1 Å². The molecule has 0 spiro atoms. The molecule has 0 aliphatic carbocycles. The second-order valence-electron chi connectivity index (χ2n) is 9.62. The van der Waals surface area contributed by atoms with Crippen molar-refractivity contribution in [3.05, 3.63) is 95.6 Å². The minimum Gasteiger partial charge on any atom is -0.507 e. The molecule has 0 bridgehead atoms. The van der Waals surface area contributed by atoms with E-state index in [9.17, 15) is 14.7 Å². The average Bonchev–Trinajstić information content (AvgIpc) is 3.63. The maximum atomic E-state index is 13.6. The Kier molecular flexibility index (Phi) is 6.51. The number of methoxy groups -OCH3 is 1. The normalized spacial score (nSPS) is 19.5. The van der Waals surface area contributed by atoms with Gasteiger partial charge in [-0.3, -0.25) is 14.5 Å². The molecule has 9 heteroatoms. The number of fused-ring (bicyclic) bond motifs is 2. The lowest BCUT2D eigenvalue weighted by molar-refractivity contribution is -0.132. The number of aliphatic hydroxyl groups is 1. The number of ether oxygens (including phenoxy) is 3. The van der Waals surface area contributed by atoms with Crippen LogP contribution in [-0.2, 0) is 16.0 Å². The van der Waals surface area contributed by atoms with E-state index in [1.54, 1.807) is 61.7 Å². The Balaban J connectivity index is 1.49. The highest BCUT2D eigenvalue weighted by Gasteiger charge is 2.48. The highest BCUT2D eigenvalue weighted by Crippen LogP contribution is 2.45. The highest BCUT2D eigenvalue weighted by atomic mass is 32.1. The molecule has 1 amide bonds. The summed E-state index contributed by atoms with van der Waals surface area (Å²) in [5.74, 6) is 0.231. The predicted molar refractivity (Wildman–Crippen MR) is 153 cm³/mol. The van der Waals surface area contributed by atoms with E-state index in [2.05, 4.69) is 11.6 Å². The van der Waals surface area contributed by atoms with E-state index in [0.717, 1.165) is 16.0 Å². The Bertz CT molecular complexity index is 1690. The fourth-order valence-electron chi connectivity index (χ4n) is 5.09. The van der Waals surface area contributed by atoms with Gasteiger partial charge in [0.05, 0.1) is 28.9 Å². The number of carbonyl (C=O) groups excluding carboxylic acids is 2. The van der Waals surface area contributed by atoms with Crippen LogP contribution in [-0.4, -0.2) is 41.6 Å². The van der Waals surface area contributed by atoms with Crippen molar-refractivity contribution in [2.75, 3.05) is 18.6 Å². The Morgan fingerprint density at radius 1 is 1.15 bits per heavy atom. The molecule has 1 fully saturated rings. The summed E-state index contributed by atoms with van der Waals surface area (Å²) in [7, 11) is 1.58. The maximum Gasteiger partial charge on any atom is 0.301 e. The third-order valence-corrected chi connectivity index (χ3v) is 7.99. The van der Waals surface area contributed by atoms with E-state index < -0.39 is 17.7 Å². The lowest BCUT2D eigenvalue weighted by Gasteiger charge is -2.23. The van der Waals surface area contributed by atoms with Gasteiger partial charge in [-0.05, 0) is 66.6 Å². The van der Waals surface area contributed by atoms with Crippen LogP contribution in [0.2, 0.25) is 0 Å². The van der Waals surface area contributed by atoms with Gasteiger partial charge in [0.25, 0.3) is 5.78 Å². The first kappa shape index (κ1) is 25.6. The lowest BCUT2D eigenvalue weighted by Crippen LogP contribution is -2.29. The van der Waals surface area contributed by atoms with Gasteiger partial charge in [0, 0.05) is 12.0 Å². The minimum absolute atomic E-state index is 0.00601. The zero-order valence-corrected chi connectivity index (χ0v) is 22.7. The molecule has 2 aliphatic heterocycles. The number of ketones is 1. The molecule has 2 atom stereocenters. The number of hydrogen-bond acceptors (Lipinski definition) is 8. The lowest BCUT2D eigenvalue weighted by atomic mass is 9.94. The zero-order chi connectivity index (χ0) is 28.0. The van der Waals surface area contributed by atoms with Crippen molar-refractivity contribution in [3.63, 3.8) is 0 Å². The van der Waals surface area contributed by atoms with E-state index in [1.165, 1.54) is 16.2 Å². The van der Waals surface area contributed by atoms with Crippen LogP contribution in [0.15, 0.2) is 78.9 Å². The number of aliphatic hydroxyl groups excluding tert-OH is 1. The number of anilines is 1. The summed E-state index contributed by atoms with van der Waals surface area (Å²) in [5, 5.41) is 11.9. The van der Waals surface area contributed by atoms with Crippen molar-refractivity contribution in [1.82, 2.24) is 4.98 Å². The molecule has 3 heterocycles. The highest BCUT2D eigenvalue weighted by molar-refractivity contribution is 7.22. The van der Waals surface area contributed by atoms with Crippen molar-refractivity contribution < 1.29 is 28.9 Å². The van der Waals surface area contributed by atoms with Crippen molar-refractivity contribution in [1.29, 1.82) is 0 Å². The Hall–Kier alpha value is -4.63. The molecule has 6 rings (SSSR count). The summed E-state index contributed by atoms with van der Waals surface area (Å²) in [6.07, 6.45) is 2.36. The molecule has 3 aromatic carbocycles. The first-order valence-electron chi connectivity index (χ1n) is 12.8. The number of nitrogens with zero attached hydrogens (tertiary/aromatic N) is 2. The van der Waals surface area contributed by atoms with Gasteiger partial charge in [-0.25, -0.2) is 4.98 Å². The van der Waals surface area contributed by atoms with Gasteiger partial charge in [0.15, 0.2) is 5.13 Å². The van der Waals surface area contributed by atoms with Gasteiger partial charge in [-0.2, -0.15) is 0 Å². The van der Waals surface area contributed by atoms with Crippen LogP contribution in [0.25, 0.3) is 16.0 Å². The molecule has 0 saturated carbocycles. The van der Waals surface area contributed by atoms with Crippen molar-refractivity contribution in [2.24, 2.45) is 0 Å². The standard InChI is InChI=1S/C31H26N2O6S/c1-4-13-38-21-8-5-18(6-9-21)27-26(28(34)19-7-12-24-20(15-19)14-17(2)39-24)29(35)30(36)33(27)31-32-23-11-10-22(37-3)16-25(23)40-31/h4-12,15-17,27,34H,1,13-14H2,2-3H3/b28-26+. The van der Waals surface area contributed by atoms with Gasteiger partial charge < -0.3 is 19.3 Å². The molecule has 2 aliphatic rings. The number of rotatable bonds is 7. The fourth-order valence-corrected chi connectivity index (χ4v) is 6.12. The number of hydrogen-bond donors (Lipinski definition) is 1. The van der Waals surface area contributed by atoms with Gasteiger partial charge in [0.2, 0.25) is 0 Å². The van der Waals surface area contributed by atoms with Crippen LogP contribution in [0.1, 0.15) is 29.7 Å². The fraction of sp³-hybridized carbons (Fsp3) is 0.194. The summed E-state index contributed by atoms with van der Waals surface area (Å²) >= 11 is 1.27. The third kappa shape index (κ3) is 4.38. The molecule has 2 unspecified atom stereocenters. The van der Waals surface area contributed by atoms with E-state index in [4.69, 9.17) is 14.2 Å². The van der Waals surface area contributed by atoms with Crippen molar-refractivity contribution in [2.45, 2.75) is 25.5 Å². The van der Waals surface area contributed by atoms with E-state index in [0.29, 0.717) is 46.3 Å². The number of amides is 1. The Labute approximate surface area is 234 Å². The number of benzene rings is 3. The molecular weight excluding hydrogens is 528 g/mol. The molecule has 8 nitrogen and oxygen atoms in total. The van der Waals surface area contributed by atoms with E-state index in [-0.39, 0.29) is 17.4 Å². The largest absolute Gasteiger partial charge is 0.507 e. The molecule has 202 valence electrons. The monoisotopic (exact) mass is 554 g/mol. The van der Waals surface area contributed by atoms with Crippen LogP contribution < -0.4 is 19.1 Å². The molecule has 1 saturated heterocycles. The molecule has 1 aromatic heterocycles. The van der Waals surface area contributed by atoms with Gasteiger partial charge in [0.1, 0.15) is 35.7 Å². The predicted octanol–water partition coefficient (Wildman–Crippen LogP) is 5.82. The topological polar surface area (TPSA) is 98.2 Å². The van der Waals surface area contributed by atoms with E-state index in [1.807, 2.05) is 19.1 Å². The number of aromatic nitrogens is 1. The van der Waals surface area contributed by atoms with Crippen LogP contribution >= 0.6 is 11.3 Å². The van der Waals surface area contributed by atoms with Crippen LogP contribution in [0, 0.1) is 0 Å². The maximum absolute atomic E-state index is 13.6. The van der Waals surface area contributed by atoms with Gasteiger partial charge >= 0.3 is 5.91 Å². The molecular formula is C31H26N2O6S. The van der Waals surface area contributed by atoms with Crippen molar-refractivity contribution in [3.8, 4) is 17.2 Å². The van der Waals surface area contributed by atoms with Crippen LogP contribution in [0.5, 0.6) is 17.2 Å². The SMILES string of the molecule is C=CCOc1ccc(C2/C(=C(\O)c3ccc4c(c3)CC(C)O4)C(=O)C(=O)N2c2nc3ccc(OC)cc3s2)cc1. The average molecular weight is 555 g/mol. The first-order valence-corrected chi connectivity index (χ1v) is 13.6. The summed E-state index contributed by atoms with van der Waals surface area (Å²) in [5.41, 5.74) is 2.67. The number of thiazole rings is 1. The first-order chi connectivity index (χ1) is 19.4.